The summed E-state index contributed by atoms with van der Waals surface area (Å²) in [6.45, 7) is 2.10. The van der Waals surface area contributed by atoms with Gasteiger partial charge in [-0.05, 0) is 41.6 Å². The number of nitrogens with two attached hydrogens (primary N) is 1. The molecule has 3 aromatic heterocycles. The van der Waals surface area contributed by atoms with Gasteiger partial charge in [0.05, 0.1) is 11.8 Å². The molecule has 0 spiro atoms. The molecule has 6 heteroatoms. The van der Waals surface area contributed by atoms with Crippen LogP contribution >= 0.6 is 11.3 Å². The molecule has 0 saturated heterocycles. The minimum Gasteiger partial charge on any atom is -0.463 e. The van der Waals surface area contributed by atoms with Crippen LogP contribution in [0.3, 0.4) is 0 Å². The standard InChI is InChI=1S/C18H16N4OS/c1-2-11-7-8-20-18-14(11)15(12-5-3-9-23-12)21-16(17(19)22-18)13-6-4-10-24-13/h3-10,16H,2H2,1H3,(H2,19,20,22). The molecule has 1 aliphatic rings. The number of rotatable bonds is 3. The normalized spacial score (nSPS) is 17.0. The predicted octanol–water partition coefficient (Wildman–Crippen LogP) is 3.88. The summed E-state index contributed by atoms with van der Waals surface area (Å²) in [7, 11) is 0. The van der Waals surface area contributed by atoms with Gasteiger partial charge in [0.25, 0.3) is 0 Å². The summed E-state index contributed by atoms with van der Waals surface area (Å²) in [5, 5.41) is 2.01. The number of aromatic nitrogens is 1. The van der Waals surface area contributed by atoms with Gasteiger partial charge in [-0.2, -0.15) is 0 Å². The molecular weight excluding hydrogens is 320 g/mol. The molecule has 0 fully saturated rings. The van der Waals surface area contributed by atoms with Crippen molar-refractivity contribution < 1.29 is 4.42 Å². The van der Waals surface area contributed by atoms with E-state index in [0.717, 1.165) is 28.1 Å². The third-order valence-corrected chi connectivity index (χ3v) is 4.90. The van der Waals surface area contributed by atoms with E-state index in [1.54, 1.807) is 23.8 Å². The first-order chi connectivity index (χ1) is 11.8. The Balaban J connectivity index is 2.00. The number of fused-ring (bicyclic) bond motifs is 1. The molecule has 0 aliphatic carbocycles. The van der Waals surface area contributed by atoms with Gasteiger partial charge >= 0.3 is 0 Å². The maximum Gasteiger partial charge on any atom is 0.163 e. The van der Waals surface area contributed by atoms with Gasteiger partial charge in [0, 0.05) is 11.1 Å². The molecule has 0 aromatic carbocycles. The highest BCUT2D eigenvalue weighted by molar-refractivity contribution is 7.10. The van der Waals surface area contributed by atoms with E-state index in [0.29, 0.717) is 17.4 Å². The monoisotopic (exact) mass is 336 g/mol. The molecular formula is C18H16N4OS. The smallest absolute Gasteiger partial charge is 0.163 e. The van der Waals surface area contributed by atoms with Gasteiger partial charge in [0.2, 0.25) is 0 Å². The molecule has 0 amide bonds. The topological polar surface area (TPSA) is 76.8 Å². The number of hydrogen-bond donors (Lipinski definition) is 1. The average molecular weight is 336 g/mol. The van der Waals surface area contributed by atoms with Gasteiger partial charge in [-0.25, -0.2) is 9.98 Å². The van der Waals surface area contributed by atoms with Gasteiger partial charge in [0.15, 0.2) is 11.6 Å². The predicted molar refractivity (Wildman–Crippen MR) is 96.3 cm³/mol. The molecule has 4 rings (SSSR count). The third kappa shape index (κ3) is 2.45. The Morgan fingerprint density at radius 3 is 2.88 bits per heavy atom. The van der Waals surface area contributed by atoms with Crippen molar-refractivity contribution in [3.8, 4) is 0 Å². The molecule has 1 aliphatic heterocycles. The van der Waals surface area contributed by atoms with Crippen molar-refractivity contribution in [2.45, 2.75) is 19.4 Å². The molecule has 5 nitrogen and oxygen atoms in total. The summed E-state index contributed by atoms with van der Waals surface area (Å²) in [5.41, 5.74) is 9.05. The molecule has 0 radical (unpaired) electrons. The van der Waals surface area contributed by atoms with Crippen molar-refractivity contribution in [1.29, 1.82) is 0 Å². The molecule has 1 unspecified atom stereocenters. The molecule has 0 bridgehead atoms. The van der Waals surface area contributed by atoms with Crippen LogP contribution in [0.25, 0.3) is 0 Å². The van der Waals surface area contributed by atoms with Gasteiger partial charge in [-0.1, -0.05) is 13.0 Å². The SMILES string of the molecule is CCc1ccnc2c1C(c1ccco1)=NC(c1cccs1)C(N)=N2. The van der Waals surface area contributed by atoms with Gasteiger partial charge < -0.3 is 10.2 Å². The van der Waals surface area contributed by atoms with E-state index in [-0.39, 0.29) is 6.04 Å². The Bertz CT molecular complexity index is 911. The minimum absolute atomic E-state index is 0.330. The summed E-state index contributed by atoms with van der Waals surface area (Å²) in [4.78, 5) is 15.0. The van der Waals surface area contributed by atoms with Crippen LogP contribution in [0.4, 0.5) is 5.82 Å². The zero-order chi connectivity index (χ0) is 16.5. The third-order valence-electron chi connectivity index (χ3n) is 3.98. The number of hydrogen-bond acceptors (Lipinski definition) is 6. The van der Waals surface area contributed by atoms with E-state index in [1.807, 2.05) is 35.7 Å². The fourth-order valence-corrected chi connectivity index (χ4v) is 3.60. The maximum absolute atomic E-state index is 6.27. The van der Waals surface area contributed by atoms with Crippen molar-refractivity contribution in [2.24, 2.45) is 15.7 Å². The van der Waals surface area contributed by atoms with Gasteiger partial charge in [-0.15, -0.1) is 11.3 Å². The van der Waals surface area contributed by atoms with Crippen LogP contribution < -0.4 is 5.73 Å². The van der Waals surface area contributed by atoms with Crippen molar-refractivity contribution in [1.82, 2.24) is 4.98 Å². The first-order valence-electron chi connectivity index (χ1n) is 7.75. The molecule has 3 aromatic rings. The largest absolute Gasteiger partial charge is 0.463 e. The first-order valence-corrected chi connectivity index (χ1v) is 8.63. The summed E-state index contributed by atoms with van der Waals surface area (Å²) in [5.74, 6) is 1.74. The number of furan rings is 1. The number of thiophene rings is 1. The van der Waals surface area contributed by atoms with Crippen LogP contribution in [0.5, 0.6) is 0 Å². The molecule has 1 atom stereocenters. The Kier molecular flexibility index (Phi) is 3.74. The Hall–Kier alpha value is -2.73. The second-order valence-electron chi connectivity index (χ2n) is 5.43. The minimum atomic E-state index is -0.330. The van der Waals surface area contributed by atoms with E-state index in [1.165, 1.54) is 0 Å². The molecule has 4 heterocycles. The van der Waals surface area contributed by atoms with Crippen molar-refractivity contribution >= 4 is 28.7 Å². The van der Waals surface area contributed by atoms with E-state index >= 15 is 0 Å². The van der Waals surface area contributed by atoms with Gasteiger partial charge in [0.1, 0.15) is 17.6 Å². The quantitative estimate of drug-likeness (QED) is 0.788. The lowest BCUT2D eigenvalue weighted by Gasteiger charge is -2.11. The highest BCUT2D eigenvalue weighted by Crippen LogP contribution is 2.33. The van der Waals surface area contributed by atoms with Crippen LogP contribution in [0.2, 0.25) is 0 Å². The zero-order valence-electron chi connectivity index (χ0n) is 13.1. The summed E-state index contributed by atoms with van der Waals surface area (Å²) in [6, 6.07) is 9.43. The summed E-state index contributed by atoms with van der Waals surface area (Å²) in [6.07, 6.45) is 4.26. The van der Waals surface area contributed by atoms with Crippen LogP contribution in [0, 0.1) is 0 Å². The Labute approximate surface area is 143 Å². The van der Waals surface area contributed by atoms with Crippen LogP contribution in [0.1, 0.15) is 34.7 Å². The lowest BCUT2D eigenvalue weighted by atomic mass is 10.0. The first kappa shape index (κ1) is 14.8. The Morgan fingerprint density at radius 1 is 1.25 bits per heavy atom. The van der Waals surface area contributed by atoms with E-state index in [4.69, 9.17) is 15.1 Å². The van der Waals surface area contributed by atoms with E-state index < -0.39 is 0 Å². The van der Waals surface area contributed by atoms with E-state index in [2.05, 4.69) is 16.9 Å². The fraction of sp³-hybridized carbons (Fsp3) is 0.167. The van der Waals surface area contributed by atoms with Crippen molar-refractivity contribution in [3.05, 3.63) is 69.9 Å². The van der Waals surface area contributed by atoms with Crippen LogP contribution in [0.15, 0.2) is 62.6 Å². The second kappa shape index (κ2) is 6.05. The molecule has 24 heavy (non-hydrogen) atoms. The number of nitrogens with zero attached hydrogens (tertiary/aromatic N) is 3. The maximum atomic E-state index is 6.27. The lowest BCUT2D eigenvalue weighted by molar-refractivity contribution is 0.557. The van der Waals surface area contributed by atoms with Crippen LogP contribution in [-0.4, -0.2) is 16.5 Å². The molecule has 0 saturated carbocycles. The molecule has 2 N–H and O–H groups in total. The Morgan fingerprint density at radius 2 is 2.17 bits per heavy atom. The average Bonchev–Trinajstić information content (AvgIpc) is 3.28. The van der Waals surface area contributed by atoms with Crippen molar-refractivity contribution in [3.63, 3.8) is 0 Å². The highest BCUT2D eigenvalue weighted by atomic mass is 32.1. The van der Waals surface area contributed by atoms with Gasteiger partial charge in [-0.3, -0.25) is 4.99 Å². The number of aliphatic imine (C=N–C) groups is 2. The zero-order valence-corrected chi connectivity index (χ0v) is 14.0. The summed E-state index contributed by atoms with van der Waals surface area (Å²) < 4.78 is 5.64. The second-order valence-corrected chi connectivity index (χ2v) is 6.41. The fourth-order valence-electron chi connectivity index (χ4n) is 2.83. The van der Waals surface area contributed by atoms with Crippen LogP contribution in [-0.2, 0) is 6.42 Å². The van der Waals surface area contributed by atoms with E-state index in [9.17, 15) is 0 Å². The van der Waals surface area contributed by atoms with Crippen molar-refractivity contribution in [2.75, 3.05) is 0 Å². The molecule has 120 valence electrons. The number of aryl methyl sites for hydroxylation is 1. The lowest BCUT2D eigenvalue weighted by Crippen LogP contribution is -2.20. The summed E-state index contributed by atoms with van der Waals surface area (Å²) >= 11 is 1.61. The number of pyridine rings is 1. The highest BCUT2D eigenvalue weighted by Gasteiger charge is 2.27. The number of amidine groups is 1.